The summed E-state index contributed by atoms with van der Waals surface area (Å²) >= 11 is 0. The molecule has 76 valence electrons. The van der Waals surface area contributed by atoms with Gasteiger partial charge in [-0.15, -0.1) is 0 Å². The van der Waals surface area contributed by atoms with Gasteiger partial charge in [-0.3, -0.25) is 4.79 Å². The quantitative estimate of drug-likeness (QED) is 0.659. The number of hydrogen-bond acceptors (Lipinski definition) is 3. The fourth-order valence-electron chi connectivity index (χ4n) is 1.95. The normalized spacial score (nSPS) is 30.3. The third kappa shape index (κ3) is 2.42. The number of aliphatic carboxylic acids is 1. The van der Waals surface area contributed by atoms with E-state index in [0.29, 0.717) is 19.1 Å². The Morgan fingerprint density at radius 2 is 2.38 bits per heavy atom. The van der Waals surface area contributed by atoms with E-state index in [-0.39, 0.29) is 11.8 Å². The second-order valence-corrected chi connectivity index (χ2v) is 3.70. The number of hydrogen-bond donors (Lipinski definition) is 2. The van der Waals surface area contributed by atoms with E-state index in [0.717, 1.165) is 6.54 Å². The number of ether oxygens (including phenoxy) is 1. The van der Waals surface area contributed by atoms with Gasteiger partial charge in [0.2, 0.25) is 0 Å². The Kier molecular flexibility index (Phi) is 3.69. The molecule has 1 rings (SSSR count). The first-order valence-corrected chi connectivity index (χ1v) is 4.59. The maximum atomic E-state index is 10.8. The van der Waals surface area contributed by atoms with Crippen LogP contribution in [0.15, 0.2) is 0 Å². The highest BCUT2D eigenvalue weighted by molar-refractivity contribution is 5.71. The van der Waals surface area contributed by atoms with Gasteiger partial charge in [-0.05, 0) is 18.4 Å². The van der Waals surface area contributed by atoms with E-state index in [9.17, 15) is 4.79 Å². The molecule has 0 aromatic carbocycles. The van der Waals surface area contributed by atoms with Crippen molar-refractivity contribution in [3.63, 3.8) is 0 Å². The smallest absolute Gasteiger partial charge is 0.308 e. The van der Waals surface area contributed by atoms with Crippen LogP contribution in [-0.4, -0.2) is 37.9 Å². The third-order valence-corrected chi connectivity index (χ3v) is 2.74. The SMILES string of the molecule is COCC(C)C1CNCC1C(=O)O. The van der Waals surface area contributed by atoms with E-state index in [1.54, 1.807) is 7.11 Å². The van der Waals surface area contributed by atoms with Crippen molar-refractivity contribution in [3.8, 4) is 0 Å². The van der Waals surface area contributed by atoms with Crippen molar-refractivity contribution < 1.29 is 14.6 Å². The molecule has 0 bridgehead atoms. The highest BCUT2D eigenvalue weighted by Crippen LogP contribution is 2.25. The van der Waals surface area contributed by atoms with E-state index in [1.807, 2.05) is 6.92 Å². The van der Waals surface area contributed by atoms with Crippen molar-refractivity contribution in [2.75, 3.05) is 26.8 Å². The van der Waals surface area contributed by atoms with Gasteiger partial charge in [0.25, 0.3) is 0 Å². The van der Waals surface area contributed by atoms with E-state index in [1.165, 1.54) is 0 Å². The molecule has 0 radical (unpaired) electrons. The average molecular weight is 187 g/mol. The van der Waals surface area contributed by atoms with Gasteiger partial charge in [0.15, 0.2) is 0 Å². The summed E-state index contributed by atoms with van der Waals surface area (Å²) in [6, 6.07) is 0. The van der Waals surface area contributed by atoms with E-state index in [4.69, 9.17) is 9.84 Å². The second kappa shape index (κ2) is 4.58. The third-order valence-electron chi connectivity index (χ3n) is 2.74. The van der Waals surface area contributed by atoms with Gasteiger partial charge < -0.3 is 15.2 Å². The number of carbonyl (C=O) groups is 1. The molecule has 1 fully saturated rings. The molecule has 3 atom stereocenters. The van der Waals surface area contributed by atoms with Gasteiger partial charge >= 0.3 is 5.97 Å². The van der Waals surface area contributed by atoms with Gasteiger partial charge in [0.1, 0.15) is 0 Å². The summed E-state index contributed by atoms with van der Waals surface area (Å²) in [5.74, 6) is -0.429. The predicted molar refractivity (Wildman–Crippen MR) is 48.5 cm³/mol. The van der Waals surface area contributed by atoms with Crippen molar-refractivity contribution in [2.24, 2.45) is 17.8 Å². The summed E-state index contributed by atoms with van der Waals surface area (Å²) in [6.45, 7) is 4.06. The Balaban J connectivity index is 2.52. The van der Waals surface area contributed by atoms with Crippen molar-refractivity contribution >= 4 is 5.97 Å². The summed E-state index contributed by atoms with van der Waals surface area (Å²) < 4.78 is 5.02. The van der Waals surface area contributed by atoms with Crippen LogP contribution in [-0.2, 0) is 9.53 Å². The molecule has 0 aromatic heterocycles. The van der Waals surface area contributed by atoms with Gasteiger partial charge in [0, 0.05) is 20.3 Å². The number of nitrogens with one attached hydrogen (secondary N) is 1. The highest BCUT2D eigenvalue weighted by Gasteiger charge is 2.35. The first-order valence-electron chi connectivity index (χ1n) is 4.59. The zero-order valence-corrected chi connectivity index (χ0v) is 8.12. The molecule has 0 saturated carbocycles. The van der Waals surface area contributed by atoms with Crippen LogP contribution in [0, 0.1) is 17.8 Å². The molecular formula is C9H17NO3. The summed E-state index contributed by atoms with van der Waals surface area (Å²) in [5.41, 5.74) is 0. The van der Waals surface area contributed by atoms with Crippen LogP contribution in [0.3, 0.4) is 0 Å². The van der Waals surface area contributed by atoms with Crippen LogP contribution >= 0.6 is 0 Å². The van der Waals surface area contributed by atoms with Gasteiger partial charge in [-0.1, -0.05) is 6.92 Å². The van der Waals surface area contributed by atoms with Gasteiger partial charge in [0.05, 0.1) is 5.92 Å². The molecule has 0 aromatic rings. The maximum absolute atomic E-state index is 10.8. The molecule has 3 unspecified atom stereocenters. The lowest BCUT2D eigenvalue weighted by Crippen LogP contribution is -2.28. The monoisotopic (exact) mass is 187 g/mol. The lowest BCUT2D eigenvalue weighted by molar-refractivity contribution is -0.143. The maximum Gasteiger partial charge on any atom is 0.308 e. The lowest BCUT2D eigenvalue weighted by atomic mass is 9.85. The molecule has 0 spiro atoms. The fourth-order valence-corrected chi connectivity index (χ4v) is 1.95. The predicted octanol–water partition coefficient (Wildman–Crippen LogP) is 0.189. The first-order chi connectivity index (χ1) is 6.16. The standard InChI is InChI=1S/C9H17NO3/c1-6(5-13-2)7-3-10-4-8(7)9(11)12/h6-8,10H,3-5H2,1-2H3,(H,11,12). The largest absolute Gasteiger partial charge is 0.481 e. The fraction of sp³-hybridized carbons (Fsp3) is 0.889. The summed E-state index contributed by atoms with van der Waals surface area (Å²) in [7, 11) is 1.65. The molecule has 1 aliphatic heterocycles. The summed E-state index contributed by atoms with van der Waals surface area (Å²) in [4.78, 5) is 10.8. The zero-order chi connectivity index (χ0) is 9.84. The molecule has 1 saturated heterocycles. The van der Waals surface area contributed by atoms with Crippen molar-refractivity contribution in [1.82, 2.24) is 5.32 Å². The lowest BCUT2D eigenvalue weighted by Gasteiger charge is -2.21. The average Bonchev–Trinajstić information content (AvgIpc) is 2.52. The van der Waals surface area contributed by atoms with Gasteiger partial charge in [-0.25, -0.2) is 0 Å². The van der Waals surface area contributed by atoms with E-state index >= 15 is 0 Å². The number of methoxy groups -OCH3 is 1. The topological polar surface area (TPSA) is 58.6 Å². The second-order valence-electron chi connectivity index (χ2n) is 3.70. The molecule has 1 aliphatic rings. The molecule has 4 heteroatoms. The van der Waals surface area contributed by atoms with Crippen molar-refractivity contribution in [2.45, 2.75) is 6.92 Å². The molecule has 1 heterocycles. The molecule has 4 nitrogen and oxygen atoms in total. The van der Waals surface area contributed by atoms with Crippen LogP contribution in [0.2, 0.25) is 0 Å². The van der Waals surface area contributed by atoms with Crippen LogP contribution in [0.4, 0.5) is 0 Å². The Bertz CT molecular complexity index is 184. The molecule has 0 amide bonds. The molecule has 2 N–H and O–H groups in total. The molecule has 13 heavy (non-hydrogen) atoms. The Morgan fingerprint density at radius 1 is 1.69 bits per heavy atom. The Hall–Kier alpha value is -0.610. The highest BCUT2D eigenvalue weighted by atomic mass is 16.5. The van der Waals surface area contributed by atoms with Gasteiger partial charge in [-0.2, -0.15) is 0 Å². The number of carboxylic acid groups (broad SMARTS) is 1. The van der Waals surface area contributed by atoms with Crippen LogP contribution in [0.1, 0.15) is 6.92 Å². The summed E-state index contributed by atoms with van der Waals surface area (Å²) in [5, 5.41) is 12.0. The number of carboxylic acids is 1. The zero-order valence-electron chi connectivity index (χ0n) is 8.12. The first kappa shape index (κ1) is 10.5. The van der Waals surface area contributed by atoms with Crippen LogP contribution in [0.5, 0.6) is 0 Å². The van der Waals surface area contributed by atoms with E-state index in [2.05, 4.69) is 5.32 Å². The van der Waals surface area contributed by atoms with Crippen LogP contribution < -0.4 is 5.32 Å². The molecular weight excluding hydrogens is 170 g/mol. The minimum Gasteiger partial charge on any atom is -0.481 e. The van der Waals surface area contributed by atoms with Crippen molar-refractivity contribution in [3.05, 3.63) is 0 Å². The molecule has 0 aliphatic carbocycles. The van der Waals surface area contributed by atoms with Crippen molar-refractivity contribution in [1.29, 1.82) is 0 Å². The minimum absolute atomic E-state index is 0.206. The van der Waals surface area contributed by atoms with Crippen LogP contribution in [0.25, 0.3) is 0 Å². The number of rotatable bonds is 4. The summed E-state index contributed by atoms with van der Waals surface area (Å²) in [6.07, 6.45) is 0. The Morgan fingerprint density at radius 3 is 2.92 bits per heavy atom. The minimum atomic E-state index is -0.696. The van der Waals surface area contributed by atoms with E-state index < -0.39 is 5.97 Å². The Labute approximate surface area is 78.3 Å².